The molecule has 0 saturated carbocycles. The van der Waals surface area contributed by atoms with Gasteiger partial charge in [0.05, 0.1) is 17.2 Å². The van der Waals surface area contributed by atoms with E-state index in [1.165, 1.54) is 0 Å². The fourth-order valence-corrected chi connectivity index (χ4v) is 3.12. The Morgan fingerprint density at radius 1 is 1.25 bits per heavy atom. The van der Waals surface area contributed by atoms with E-state index in [2.05, 4.69) is 10.3 Å². The number of piperidine rings is 1. The second-order valence-electron chi connectivity index (χ2n) is 6.91. The Hall–Kier alpha value is -2.93. The highest BCUT2D eigenvalue weighted by Crippen LogP contribution is 2.23. The molecule has 1 atom stereocenters. The molecule has 2 amide bonds. The average Bonchev–Trinajstić information content (AvgIpc) is 2.73. The van der Waals surface area contributed by atoms with Crippen molar-refractivity contribution < 1.29 is 19.4 Å². The zero-order chi connectivity index (χ0) is 19.9. The van der Waals surface area contributed by atoms with Gasteiger partial charge in [0.15, 0.2) is 0 Å². The lowest BCUT2D eigenvalue weighted by molar-refractivity contribution is 0.0593. The number of para-hydroxylation sites is 1. The summed E-state index contributed by atoms with van der Waals surface area (Å²) in [7, 11) is 0. The van der Waals surface area contributed by atoms with Crippen LogP contribution >= 0.6 is 0 Å². The van der Waals surface area contributed by atoms with Crippen LogP contribution in [0.2, 0.25) is 0 Å². The van der Waals surface area contributed by atoms with E-state index >= 15 is 0 Å². The number of pyridine rings is 1. The van der Waals surface area contributed by atoms with Gasteiger partial charge in [-0.3, -0.25) is 14.6 Å². The first-order valence-corrected chi connectivity index (χ1v) is 9.46. The molecule has 148 valence electrons. The van der Waals surface area contributed by atoms with Crippen LogP contribution in [0.3, 0.4) is 0 Å². The van der Waals surface area contributed by atoms with Crippen molar-refractivity contribution in [2.75, 3.05) is 19.6 Å². The third-order valence-electron chi connectivity index (χ3n) is 4.62. The molecule has 0 spiro atoms. The van der Waals surface area contributed by atoms with E-state index in [-0.39, 0.29) is 24.5 Å². The summed E-state index contributed by atoms with van der Waals surface area (Å²) in [6.45, 7) is 2.98. The van der Waals surface area contributed by atoms with Crippen molar-refractivity contribution in [1.82, 2.24) is 15.2 Å². The fourth-order valence-electron chi connectivity index (χ4n) is 3.12. The van der Waals surface area contributed by atoms with Gasteiger partial charge in [0.1, 0.15) is 11.9 Å². The maximum atomic E-state index is 12.5. The minimum Gasteiger partial charge on any atom is -0.489 e. The smallest absolute Gasteiger partial charge is 0.255 e. The van der Waals surface area contributed by atoms with Crippen molar-refractivity contribution in [3.63, 3.8) is 0 Å². The molecule has 0 radical (unpaired) electrons. The van der Waals surface area contributed by atoms with Gasteiger partial charge in [0.25, 0.3) is 11.8 Å². The Bertz CT molecular complexity index is 802. The molecule has 0 bridgehead atoms. The second kappa shape index (κ2) is 9.32. The molecule has 0 unspecified atom stereocenters. The standard InChI is InChI=1S/C21H25N3O4/c1-15(25)13-23-20(26)18-6-2-3-7-19(18)28-17-8-11-24(12-9-17)21(27)16-5-4-10-22-14-16/h2-7,10,14-15,17,25H,8-9,11-13H2,1H3,(H,23,26)/t15-/m1/s1. The van der Waals surface area contributed by atoms with Gasteiger partial charge in [-0.05, 0) is 31.2 Å². The van der Waals surface area contributed by atoms with E-state index in [0.717, 1.165) is 0 Å². The monoisotopic (exact) mass is 383 g/mol. The lowest BCUT2D eigenvalue weighted by Gasteiger charge is -2.32. The molecule has 2 heterocycles. The number of carbonyl (C=O) groups is 2. The van der Waals surface area contributed by atoms with E-state index in [9.17, 15) is 14.7 Å². The van der Waals surface area contributed by atoms with Crippen molar-refractivity contribution >= 4 is 11.8 Å². The summed E-state index contributed by atoms with van der Waals surface area (Å²) in [5.41, 5.74) is 1.03. The van der Waals surface area contributed by atoms with Crippen LogP contribution in [-0.2, 0) is 0 Å². The van der Waals surface area contributed by atoms with E-state index < -0.39 is 6.10 Å². The zero-order valence-electron chi connectivity index (χ0n) is 15.9. The van der Waals surface area contributed by atoms with E-state index in [1.54, 1.807) is 54.5 Å². The highest BCUT2D eigenvalue weighted by atomic mass is 16.5. The van der Waals surface area contributed by atoms with Crippen LogP contribution in [0.4, 0.5) is 0 Å². The van der Waals surface area contributed by atoms with Gasteiger partial charge < -0.3 is 20.1 Å². The maximum Gasteiger partial charge on any atom is 0.255 e. The summed E-state index contributed by atoms with van der Waals surface area (Å²) in [6.07, 6.45) is 3.92. The molecule has 1 aliphatic rings. The van der Waals surface area contributed by atoms with E-state index in [0.29, 0.717) is 42.8 Å². The van der Waals surface area contributed by atoms with Crippen LogP contribution in [0.15, 0.2) is 48.8 Å². The van der Waals surface area contributed by atoms with Crippen LogP contribution in [0, 0.1) is 0 Å². The fraction of sp³-hybridized carbons (Fsp3) is 0.381. The molecule has 2 N–H and O–H groups in total. The van der Waals surface area contributed by atoms with Gasteiger partial charge >= 0.3 is 0 Å². The largest absolute Gasteiger partial charge is 0.489 e. The van der Waals surface area contributed by atoms with Crippen molar-refractivity contribution in [1.29, 1.82) is 0 Å². The molecular formula is C21H25N3O4. The van der Waals surface area contributed by atoms with Gasteiger partial charge in [-0.1, -0.05) is 12.1 Å². The Morgan fingerprint density at radius 2 is 2.00 bits per heavy atom. The van der Waals surface area contributed by atoms with Crippen LogP contribution in [-0.4, -0.2) is 58.6 Å². The molecule has 1 aliphatic heterocycles. The molecule has 0 aliphatic carbocycles. The minimum absolute atomic E-state index is 0.0237. The van der Waals surface area contributed by atoms with Gasteiger partial charge in [0.2, 0.25) is 0 Å². The van der Waals surface area contributed by atoms with Gasteiger partial charge in [-0.15, -0.1) is 0 Å². The number of nitrogens with one attached hydrogen (secondary N) is 1. The molecule has 1 saturated heterocycles. The van der Waals surface area contributed by atoms with E-state index in [4.69, 9.17) is 4.74 Å². The minimum atomic E-state index is -0.612. The molecular weight excluding hydrogens is 358 g/mol. The summed E-state index contributed by atoms with van der Waals surface area (Å²) >= 11 is 0. The molecule has 7 heteroatoms. The Labute approximate surface area is 164 Å². The number of hydrogen-bond acceptors (Lipinski definition) is 5. The van der Waals surface area contributed by atoms with Crippen molar-refractivity contribution in [3.05, 3.63) is 59.9 Å². The molecule has 1 aromatic carbocycles. The number of hydrogen-bond donors (Lipinski definition) is 2. The summed E-state index contributed by atoms with van der Waals surface area (Å²) < 4.78 is 6.07. The highest BCUT2D eigenvalue weighted by Gasteiger charge is 2.26. The summed E-state index contributed by atoms with van der Waals surface area (Å²) in [5, 5.41) is 12.0. The predicted molar refractivity (Wildman–Crippen MR) is 104 cm³/mol. The predicted octanol–water partition coefficient (Wildman–Crippen LogP) is 1.88. The Balaban J connectivity index is 1.58. The summed E-state index contributed by atoms with van der Waals surface area (Å²) in [6, 6.07) is 10.6. The maximum absolute atomic E-state index is 12.5. The Morgan fingerprint density at radius 3 is 2.68 bits per heavy atom. The number of aliphatic hydroxyl groups excluding tert-OH is 1. The first kappa shape index (κ1) is 19.8. The van der Waals surface area contributed by atoms with Crippen LogP contribution in [0.25, 0.3) is 0 Å². The molecule has 3 rings (SSSR count). The number of ether oxygens (including phenoxy) is 1. The lowest BCUT2D eigenvalue weighted by Crippen LogP contribution is -2.42. The highest BCUT2D eigenvalue weighted by molar-refractivity contribution is 5.97. The van der Waals surface area contributed by atoms with Gasteiger partial charge in [0, 0.05) is 44.9 Å². The number of likely N-dealkylation sites (tertiary alicyclic amines) is 1. The first-order chi connectivity index (χ1) is 13.5. The molecule has 2 aromatic rings. The number of benzene rings is 1. The number of carbonyl (C=O) groups excluding carboxylic acids is 2. The number of aliphatic hydroxyl groups is 1. The van der Waals surface area contributed by atoms with Crippen LogP contribution in [0.1, 0.15) is 40.5 Å². The van der Waals surface area contributed by atoms with Crippen molar-refractivity contribution in [2.45, 2.75) is 32.0 Å². The zero-order valence-corrected chi connectivity index (χ0v) is 15.9. The average molecular weight is 383 g/mol. The van der Waals surface area contributed by atoms with Crippen LogP contribution in [0.5, 0.6) is 5.75 Å². The summed E-state index contributed by atoms with van der Waals surface area (Å²) in [4.78, 5) is 30.7. The van der Waals surface area contributed by atoms with Crippen LogP contribution < -0.4 is 10.1 Å². The van der Waals surface area contributed by atoms with Crippen molar-refractivity contribution in [2.24, 2.45) is 0 Å². The lowest BCUT2D eigenvalue weighted by atomic mass is 10.1. The van der Waals surface area contributed by atoms with Crippen molar-refractivity contribution in [3.8, 4) is 5.75 Å². The third kappa shape index (κ3) is 5.07. The first-order valence-electron chi connectivity index (χ1n) is 9.46. The SMILES string of the molecule is C[C@@H](O)CNC(=O)c1ccccc1OC1CCN(C(=O)c2cccnc2)CC1. The number of rotatable bonds is 6. The second-order valence-corrected chi connectivity index (χ2v) is 6.91. The summed E-state index contributed by atoms with van der Waals surface area (Å²) in [5.74, 6) is 0.216. The normalized spacial score (nSPS) is 15.7. The number of aromatic nitrogens is 1. The third-order valence-corrected chi connectivity index (χ3v) is 4.62. The molecule has 1 fully saturated rings. The molecule has 7 nitrogen and oxygen atoms in total. The Kier molecular flexibility index (Phi) is 6.60. The molecule has 1 aromatic heterocycles. The van der Waals surface area contributed by atoms with Gasteiger partial charge in [-0.2, -0.15) is 0 Å². The molecule has 28 heavy (non-hydrogen) atoms. The topological polar surface area (TPSA) is 91.8 Å². The quantitative estimate of drug-likeness (QED) is 0.795. The van der Waals surface area contributed by atoms with Gasteiger partial charge in [-0.25, -0.2) is 0 Å². The van der Waals surface area contributed by atoms with E-state index in [1.807, 2.05) is 6.07 Å². The number of nitrogens with zero attached hydrogens (tertiary/aromatic N) is 2. The number of amides is 2.